The van der Waals surface area contributed by atoms with Crippen LogP contribution in [0.4, 0.5) is 0 Å². The molecule has 0 spiro atoms. The lowest BCUT2D eigenvalue weighted by molar-refractivity contribution is 1.53. The van der Waals surface area contributed by atoms with Crippen LogP contribution in [0.1, 0.15) is 5.56 Å². The van der Waals surface area contributed by atoms with E-state index in [2.05, 4.69) is 450 Å². The molecule has 0 heterocycles. The maximum Gasteiger partial charge on any atom is 0.180 e. The van der Waals surface area contributed by atoms with Gasteiger partial charge in [-0.25, -0.2) is 0 Å². The van der Waals surface area contributed by atoms with Gasteiger partial charge in [-0.15, -0.1) is 0 Å². The van der Waals surface area contributed by atoms with E-state index in [-0.39, 0.29) is 0 Å². The molecule has 0 saturated carbocycles. The standard InChI is InChI=1S/C44H30Si.C40H28Si.C27H18/c1-4-15-34(16-5-1)45(35-17-6-2-7-18-35,36-19-8-3-9-20-36)42-30-29-38(37-21-10-11-22-40(37)42)39-27-25-33-24-23-31-13-12-14-32-26-28-41(39)44(33)43(31)32;1-4-13-33(14-5-1)41(34-15-6-2-7-16-34,35-17-8-3-9-18-35)36-25-21-29(22-26-36)37-27-23-32-20-19-30-11-10-12-31-24-28-38(37)40(32)39(30)31;1-17-9-14-23(22-8-3-2-7-21(17)22)24-15-12-20-11-10-18-5-4-6-19-13-16-25(24)27(20)26(18)19/h1-30H;1-28H;2-16H,1H3. The summed E-state index contributed by atoms with van der Waals surface area (Å²) >= 11 is 0. The topological polar surface area (TPSA) is 0 Å². The van der Waals surface area contributed by atoms with E-state index in [1.807, 2.05) is 0 Å². The van der Waals surface area contributed by atoms with Gasteiger partial charge in [0.25, 0.3) is 0 Å². The lowest BCUT2D eigenvalue weighted by atomic mass is 9.88. The first-order valence-electron chi connectivity index (χ1n) is 39.4. The van der Waals surface area contributed by atoms with Gasteiger partial charge in [0.1, 0.15) is 0 Å². The highest BCUT2D eigenvalue weighted by atomic mass is 28.3. The first-order valence-corrected chi connectivity index (χ1v) is 43.4. The molecule has 0 aliphatic heterocycles. The number of fused-ring (bicyclic) bond motifs is 2. The van der Waals surface area contributed by atoms with E-state index >= 15 is 0 Å². The van der Waals surface area contributed by atoms with E-state index < -0.39 is 16.1 Å². The SMILES string of the molecule is Cc1ccc(-c2ccc3ccc4cccc5ccc2c3c45)c2ccccc12.c1ccc([Si](c2ccccc2)(c2ccccc2)c2ccc(-c3ccc4ccc5cccc6ccc3c4c56)c3ccccc23)cc1.c1ccc([Si](c2ccccc2)(c2ccccc2)c2ccc(-c3ccc4ccc5cccc6ccc3c4c56)cc2)cc1. The third-order valence-corrected chi connectivity index (χ3v) is 34.1. The molecule has 2 heteroatoms. The summed E-state index contributed by atoms with van der Waals surface area (Å²) in [5.74, 6) is 0. The zero-order chi connectivity index (χ0) is 75.0. The number of hydrogen-bond donors (Lipinski definition) is 0. The highest BCUT2D eigenvalue weighted by Gasteiger charge is 2.44. The number of hydrogen-bond acceptors (Lipinski definition) is 0. The molecule has 0 aromatic heterocycles. The number of aryl methyl sites for hydroxylation is 1. The van der Waals surface area contributed by atoms with Gasteiger partial charge in [-0.3, -0.25) is 0 Å². The molecule has 113 heavy (non-hydrogen) atoms. The Labute approximate surface area is 660 Å². The first-order chi connectivity index (χ1) is 56.0. The van der Waals surface area contributed by atoms with Crippen molar-refractivity contribution in [3.05, 3.63) is 448 Å². The van der Waals surface area contributed by atoms with Gasteiger partial charge >= 0.3 is 0 Å². The molecule has 0 radical (unpaired) electrons. The third-order valence-electron chi connectivity index (χ3n) is 24.5. The van der Waals surface area contributed by atoms with Gasteiger partial charge in [0, 0.05) is 0 Å². The maximum absolute atomic E-state index is 2.69. The van der Waals surface area contributed by atoms with E-state index in [0.717, 1.165) is 0 Å². The van der Waals surface area contributed by atoms with E-state index in [4.69, 9.17) is 0 Å². The van der Waals surface area contributed by atoms with E-state index in [1.165, 1.54) is 199 Å². The van der Waals surface area contributed by atoms with E-state index in [9.17, 15) is 0 Å². The van der Waals surface area contributed by atoms with Crippen LogP contribution in [0.5, 0.6) is 0 Å². The third kappa shape index (κ3) is 11.0. The quantitative estimate of drug-likeness (QED) is 0.0688. The van der Waals surface area contributed by atoms with Gasteiger partial charge in [-0.1, -0.05) is 443 Å². The monoisotopic (exact) mass is 1460 g/mol. The summed E-state index contributed by atoms with van der Waals surface area (Å²) in [6, 6.07) is 165. The lowest BCUT2D eigenvalue weighted by Crippen LogP contribution is -2.74. The summed E-state index contributed by atoms with van der Waals surface area (Å²) in [5.41, 5.74) is 9.06. The zero-order valence-corrected chi connectivity index (χ0v) is 64.6. The zero-order valence-electron chi connectivity index (χ0n) is 62.6. The van der Waals surface area contributed by atoms with Crippen molar-refractivity contribution in [3.63, 3.8) is 0 Å². The second kappa shape index (κ2) is 27.9. The maximum atomic E-state index is 2.45. The van der Waals surface area contributed by atoms with E-state index in [1.54, 1.807) is 0 Å². The molecule has 0 unspecified atom stereocenters. The van der Waals surface area contributed by atoms with Gasteiger partial charge in [0.15, 0.2) is 16.1 Å². The van der Waals surface area contributed by atoms with E-state index in [0.29, 0.717) is 0 Å². The van der Waals surface area contributed by atoms with Gasteiger partial charge in [0.05, 0.1) is 0 Å². The van der Waals surface area contributed by atoms with Crippen molar-refractivity contribution in [2.45, 2.75) is 6.92 Å². The molecule has 0 bridgehead atoms. The summed E-state index contributed by atoms with van der Waals surface area (Å²) in [5, 5.41) is 40.4. The first kappa shape index (κ1) is 67.3. The average molecular weight is 1470 g/mol. The van der Waals surface area contributed by atoms with Crippen molar-refractivity contribution in [1.29, 1.82) is 0 Å². The Morgan fingerprint density at radius 1 is 0.142 bits per heavy atom. The fourth-order valence-electron chi connectivity index (χ4n) is 19.5. The number of benzene rings is 23. The van der Waals surface area contributed by atoms with Crippen molar-refractivity contribution in [3.8, 4) is 33.4 Å². The van der Waals surface area contributed by atoms with Crippen LogP contribution >= 0.6 is 0 Å². The van der Waals surface area contributed by atoms with Crippen molar-refractivity contribution < 1.29 is 0 Å². The van der Waals surface area contributed by atoms with Crippen LogP contribution in [-0.2, 0) is 0 Å². The molecular formula is C111H76Si2. The Hall–Kier alpha value is -13.9. The molecule has 0 saturated heterocycles. The molecule has 0 fully saturated rings. The molecule has 0 nitrogen and oxygen atoms in total. The minimum atomic E-state index is -2.69. The van der Waals surface area contributed by atoms with Gasteiger partial charge < -0.3 is 0 Å². The highest BCUT2D eigenvalue weighted by molar-refractivity contribution is 7.21. The van der Waals surface area contributed by atoms with Gasteiger partial charge in [-0.2, -0.15) is 0 Å². The molecule has 23 aromatic rings. The average Bonchev–Trinajstić information content (AvgIpc) is 0.716. The predicted octanol–water partition coefficient (Wildman–Crippen LogP) is 24.1. The van der Waals surface area contributed by atoms with Crippen LogP contribution in [0.2, 0.25) is 0 Å². The minimum absolute atomic E-state index is 1.25. The summed E-state index contributed by atoms with van der Waals surface area (Å²) in [4.78, 5) is 0. The largest absolute Gasteiger partial charge is 0.180 e. The van der Waals surface area contributed by atoms with Crippen LogP contribution in [0.25, 0.3) is 152 Å². The predicted molar refractivity (Wildman–Crippen MR) is 494 cm³/mol. The van der Waals surface area contributed by atoms with Crippen LogP contribution in [0.15, 0.2) is 443 Å². The van der Waals surface area contributed by atoms with Crippen LogP contribution in [-0.4, -0.2) is 16.1 Å². The molecule has 23 rings (SSSR count). The molecule has 528 valence electrons. The Bertz CT molecular complexity index is 7210. The minimum Gasteiger partial charge on any atom is -0.0623 e. The number of rotatable bonds is 11. The Balaban J connectivity index is 0.000000110. The molecule has 0 amide bonds. The Morgan fingerprint density at radius 3 is 0.761 bits per heavy atom. The van der Waals surface area contributed by atoms with Crippen molar-refractivity contribution in [1.82, 2.24) is 0 Å². The van der Waals surface area contributed by atoms with Crippen molar-refractivity contribution >= 4 is 176 Å². The van der Waals surface area contributed by atoms with Gasteiger partial charge in [0.2, 0.25) is 0 Å². The molecule has 0 N–H and O–H groups in total. The Morgan fingerprint density at radius 2 is 0.389 bits per heavy atom. The van der Waals surface area contributed by atoms with Gasteiger partial charge in [-0.05, 0) is 206 Å². The van der Waals surface area contributed by atoms with Crippen LogP contribution in [0, 0.1) is 6.92 Å². The normalized spacial score (nSPS) is 11.9. The summed E-state index contributed by atoms with van der Waals surface area (Å²) in [6.07, 6.45) is 0. The summed E-state index contributed by atoms with van der Waals surface area (Å²) < 4.78 is 0. The fourth-order valence-corrected chi connectivity index (χ4v) is 29.2. The summed E-state index contributed by atoms with van der Waals surface area (Å²) in [7, 11) is -5.22. The van der Waals surface area contributed by atoms with Crippen LogP contribution < -0.4 is 41.5 Å². The van der Waals surface area contributed by atoms with Crippen molar-refractivity contribution in [2.24, 2.45) is 0 Å². The molecule has 23 aromatic carbocycles. The molecule has 0 aliphatic carbocycles. The molecular weight excluding hydrogens is 1390 g/mol. The molecule has 0 aliphatic rings. The smallest absolute Gasteiger partial charge is 0.0623 e. The summed E-state index contributed by atoms with van der Waals surface area (Å²) in [6.45, 7) is 2.19. The second-order valence-corrected chi connectivity index (χ2v) is 37.9. The lowest BCUT2D eigenvalue weighted by Gasteiger charge is -2.35. The van der Waals surface area contributed by atoms with Crippen LogP contribution in [0.3, 0.4) is 0 Å². The van der Waals surface area contributed by atoms with Crippen molar-refractivity contribution in [2.75, 3.05) is 0 Å². The molecule has 0 atom stereocenters. The second-order valence-electron chi connectivity index (χ2n) is 30.4. The Kier molecular flexibility index (Phi) is 16.6. The fraction of sp³-hybridized carbons (Fsp3) is 0.00901. The highest BCUT2D eigenvalue weighted by Crippen LogP contribution is 2.45.